The molecule has 0 radical (unpaired) electrons. The first-order valence-corrected chi connectivity index (χ1v) is 16.9. The van der Waals surface area contributed by atoms with Crippen molar-refractivity contribution >= 4 is 33.3 Å². The lowest BCUT2D eigenvalue weighted by Crippen LogP contribution is -2.15. The first kappa shape index (κ1) is 26.6. The second-order valence-corrected chi connectivity index (χ2v) is 13.5. The van der Waals surface area contributed by atoms with Crippen molar-refractivity contribution in [3.05, 3.63) is 168 Å². The summed E-state index contributed by atoms with van der Waals surface area (Å²) < 4.78 is 0. The lowest BCUT2D eigenvalue weighted by atomic mass is 9.72. The van der Waals surface area contributed by atoms with Crippen LogP contribution in [0.25, 0.3) is 66.8 Å². The average molecular weight is 618 g/mol. The molecule has 220 valence electrons. The minimum absolute atomic E-state index is 0.215. The van der Waals surface area contributed by atoms with Crippen LogP contribution in [0.2, 0.25) is 0 Å². The van der Waals surface area contributed by atoms with E-state index in [1.165, 1.54) is 54.3 Å². The fourth-order valence-corrected chi connectivity index (χ4v) is 9.20. The third kappa shape index (κ3) is 4.11. The molecule has 0 saturated carbocycles. The van der Waals surface area contributed by atoms with Crippen molar-refractivity contribution in [1.82, 2.24) is 15.0 Å². The Kier molecular flexibility index (Phi) is 5.94. The minimum Gasteiger partial charge on any atom is -0.208 e. The van der Waals surface area contributed by atoms with Gasteiger partial charge in [-0.25, -0.2) is 15.0 Å². The van der Waals surface area contributed by atoms with Crippen LogP contribution in [0, 0.1) is 0 Å². The number of hydrogen-bond acceptors (Lipinski definition) is 4. The number of rotatable bonds is 3. The van der Waals surface area contributed by atoms with Gasteiger partial charge in [0.05, 0.1) is 0 Å². The van der Waals surface area contributed by atoms with E-state index in [1.54, 1.807) is 0 Å². The van der Waals surface area contributed by atoms with E-state index in [9.17, 15) is 0 Å². The summed E-state index contributed by atoms with van der Waals surface area (Å²) in [5, 5.41) is 5.54. The van der Waals surface area contributed by atoms with Gasteiger partial charge in [-0.3, -0.25) is 0 Å². The Hall–Kier alpha value is -5.58. The minimum atomic E-state index is 0.215. The van der Waals surface area contributed by atoms with Crippen molar-refractivity contribution < 1.29 is 0 Å². The number of hydrogen-bond donors (Lipinski definition) is 0. The largest absolute Gasteiger partial charge is 0.208 e. The second-order valence-electron chi connectivity index (χ2n) is 12.3. The van der Waals surface area contributed by atoms with E-state index in [0.29, 0.717) is 17.5 Å². The molecule has 0 amide bonds. The number of fused-ring (bicyclic) bond motifs is 13. The first-order chi connectivity index (χ1) is 23.3. The zero-order valence-electron chi connectivity index (χ0n) is 25.3. The first-order valence-electron chi connectivity index (χ1n) is 16.0. The highest BCUT2D eigenvalue weighted by molar-refractivity contribution is 8.00. The molecule has 1 aromatic heterocycles. The fraction of sp³-hybridized carbons (Fsp3) is 0.0465. The molecule has 2 unspecified atom stereocenters. The van der Waals surface area contributed by atoms with Crippen molar-refractivity contribution in [1.29, 1.82) is 0 Å². The number of aromatic nitrogens is 3. The standard InChI is InChI=1S/C43H27N3S/c1-3-13-26(14-4-1)41-44-42(27-15-5-2-6-16-27)46-43(45-41)28-23-24-33-35(25-28)38-34-21-11-12-22-36(34)47-40(38)39-32-20-10-8-18-30(32)29-17-7-9-19-31(29)37(33)39/h1-25,38,40H. The van der Waals surface area contributed by atoms with Crippen molar-refractivity contribution in [3.63, 3.8) is 0 Å². The van der Waals surface area contributed by atoms with Crippen LogP contribution >= 0.6 is 11.8 Å². The maximum atomic E-state index is 5.09. The number of thioether (sulfide) groups is 1. The molecule has 2 heterocycles. The lowest BCUT2D eigenvalue weighted by molar-refractivity contribution is 0.792. The molecular formula is C43H27N3S. The highest BCUT2D eigenvalue weighted by Crippen LogP contribution is 2.64. The molecule has 2 aliphatic rings. The monoisotopic (exact) mass is 617 g/mol. The molecule has 0 saturated heterocycles. The molecule has 47 heavy (non-hydrogen) atoms. The number of nitrogens with zero attached hydrogens (tertiary/aromatic N) is 3. The van der Waals surface area contributed by atoms with Crippen molar-refractivity contribution in [2.75, 3.05) is 0 Å². The molecule has 0 spiro atoms. The normalized spacial score (nSPS) is 16.0. The molecule has 2 atom stereocenters. The number of benzene rings is 7. The zero-order valence-corrected chi connectivity index (χ0v) is 26.2. The van der Waals surface area contributed by atoms with Crippen molar-refractivity contribution in [3.8, 4) is 45.3 Å². The highest BCUT2D eigenvalue weighted by atomic mass is 32.2. The molecule has 1 aliphatic heterocycles. The van der Waals surface area contributed by atoms with Crippen molar-refractivity contribution in [2.45, 2.75) is 16.1 Å². The average Bonchev–Trinajstić information content (AvgIpc) is 3.55. The van der Waals surface area contributed by atoms with Crippen LogP contribution in [-0.2, 0) is 0 Å². The Balaban J connectivity index is 1.25. The van der Waals surface area contributed by atoms with Gasteiger partial charge in [-0.2, -0.15) is 0 Å². The van der Waals surface area contributed by atoms with Gasteiger partial charge >= 0.3 is 0 Å². The maximum absolute atomic E-state index is 5.09. The predicted octanol–water partition coefficient (Wildman–Crippen LogP) is 11.1. The van der Waals surface area contributed by atoms with Gasteiger partial charge in [0.25, 0.3) is 0 Å². The van der Waals surface area contributed by atoms with Crippen LogP contribution in [0.5, 0.6) is 0 Å². The van der Waals surface area contributed by atoms with Gasteiger partial charge in [0.15, 0.2) is 17.5 Å². The van der Waals surface area contributed by atoms with E-state index >= 15 is 0 Å². The summed E-state index contributed by atoms with van der Waals surface area (Å²) in [6.45, 7) is 0. The Morgan fingerprint density at radius 3 is 1.64 bits per heavy atom. The summed E-state index contributed by atoms with van der Waals surface area (Å²) in [7, 11) is 0. The Labute approximate surface area is 277 Å². The van der Waals surface area contributed by atoms with E-state index in [4.69, 9.17) is 15.0 Å². The van der Waals surface area contributed by atoms with Crippen LogP contribution in [0.4, 0.5) is 0 Å². The van der Waals surface area contributed by atoms with Gasteiger partial charge in [0.2, 0.25) is 0 Å². The SMILES string of the molecule is c1ccc(-c2nc(-c3ccccc3)nc(-c3ccc4c(c3)C3c5ccccc5SC3c3c-4c4ccccc4c4ccccc34)n2)cc1. The zero-order chi connectivity index (χ0) is 30.9. The molecule has 0 fully saturated rings. The third-order valence-corrected chi connectivity index (χ3v) is 11.1. The smallest absolute Gasteiger partial charge is 0.164 e. The van der Waals surface area contributed by atoms with Crippen molar-refractivity contribution in [2.24, 2.45) is 0 Å². The van der Waals surface area contributed by atoms with Gasteiger partial charge in [0.1, 0.15) is 0 Å². The second kappa shape index (κ2) is 10.5. The van der Waals surface area contributed by atoms with Gasteiger partial charge in [-0.1, -0.05) is 140 Å². The van der Waals surface area contributed by atoms with E-state index in [-0.39, 0.29) is 11.2 Å². The molecule has 1 aliphatic carbocycles. The summed E-state index contributed by atoms with van der Waals surface area (Å²) in [6.07, 6.45) is 0. The van der Waals surface area contributed by atoms with E-state index in [2.05, 4.69) is 115 Å². The van der Waals surface area contributed by atoms with Gasteiger partial charge in [-0.05, 0) is 61.5 Å². The molecular weight excluding hydrogens is 591 g/mol. The summed E-state index contributed by atoms with van der Waals surface area (Å²) in [5.74, 6) is 2.25. The predicted molar refractivity (Wildman–Crippen MR) is 193 cm³/mol. The Morgan fingerprint density at radius 2 is 0.957 bits per heavy atom. The molecule has 3 nitrogen and oxygen atoms in total. The molecule has 0 bridgehead atoms. The van der Waals surface area contributed by atoms with Crippen LogP contribution in [-0.4, -0.2) is 15.0 Å². The summed E-state index contributed by atoms with van der Waals surface area (Å²) in [4.78, 5) is 16.5. The molecule has 4 heteroatoms. The third-order valence-electron chi connectivity index (χ3n) is 9.68. The fourth-order valence-electron chi connectivity index (χ4n) is 7.65. The van der Waals surface area contributed by atoms with Gasteiger partial charge in [0, 0.05) is 32.8 Å². The van der Waals surface area contributed by atoms with E-state index in [1.807, 2.05) is 48.2 Å². The maximum Gasteiger partial charge on any atom is 0.164 e. The Bertz CT molecular complexity index is 2450. The molecule has 0 N–H and O–H groups in total. The topological polar surface area (TPSA) is 38.7 Å². The summed E-state index contributed by atoms with van der Waals surface area (Å²) in [5.41, 5.74) is 9.78. The van der Waals surface area contributed by atoms with Crippen LogP contribution < -0.4 is 0 Å². The van der Waals surface area contributed by atoms with Gasteiger partial charge < -0.3 is 0 Å². The highest BCUT2D eigenvalue weighted by Gasteiger charge is 2.43. The Morgan fingerprint density at radius 1 is 0.426 bits per heavy atom. The summed E-state index contributed by atoms with van der Waals surface area (Å²) >= 11 is 2.01. The van der Waals surface area contributed by atoms with Gasteiger partial charge in [-0.15, -0.1) is 11.8 Å². The van der Waals surface area contributed by atoms with E-state index in [0.717, 1.165) is 16.7 Å². The quantitative estimate of drug-likeness (QED) is 0.185. The van der Waals surface area contributed by atoms with E-state index < -0.39 is 0 Å². The lowest BCUT2D eigenvalue weighted by Gasteiger charge is -2.33. The molecule has 8 aromatic rings. The molecule has 7 aromatic carbocycles. The van der Waals surface area contributed by atoms with Crippen LogP contribution in [0.3, 0.4) is 0 Å². The molecule has 10 rings (SSSR count). The van der Waals surface area contributed by atoms with Crippen LogP contribution in [0.1, 0.15) is 27.9 Å². The summed E-state index contributed by atoms with van der Waals surface area (Å²) in [6, 6.07) is 54.1. The van der Waals surface area contributed by atoms with Crippen LogP contribution in [0.15, 0.2) is 157 Å².